The summed E-state index contributed by atoms with van der Waals surface area (Å²) in [6, 6.07) is 13.5. The fourth-order valence-corrected chi connectivity index (χ4v) is 2.21. The smallest absolute Gasteiger partial charge is 0.346 e. The zero-order valence-electron chi connectivity index (χ0n) is 12.7. The number of aromatic amines is 1. The molecule has 1 heterocycles. The molecule has 5 nitrogen and oxygen atoms in total. The van der Waals surface area contributed by atoms with E-state index < -0.39 is 11.8 Å². The van der Waals surface area contributed by atoms with Crippen LogP contribution >= 0.6 is 0 Å². The molecular weight excluding hydrogens is 311 g/mol. The second-order valence-corrected chi connectivity index (χ2v) is 5.13. The van der Waals surface area contributed by atoms with Gasteiger partial charge in [0.1, 0.15) is 17.4 Å². The number of ether oxygens (including phenoxy) is 1. The number of carbonyl (C=O) groups is 1. The number of hydrogen-bond donors (Lipinski definition) is 1. The molecular formula is C18H13FN2O3. The highest BCUT2D eigenvalue weighted by Crippen LogP contribution is 2.21. The Morgan fingerprint density at radius 3 is 2.67 bits per heavy atom. The van der Waals surface area contributed by atoms with Crippen LogP contribution in [0.15, 0.2) is 59.4 Å². The van der Waals surface area contributed by atoms with Crippen molar-refractivity contribution in [2.24, 2.45) is 0 Å². The topological polar surface area (TPSA) is 72.1 Å². The van der Waals surface area contributed by atoms with Crippen molar-refractivity contribution in [1.82, 2.24) is 9.97 Å². The minimum atomic E-state index is -0.795. The summed E-state index contributed by atoms with van der Waals surface area (Å²) in [7, 11) is 0. The van der Waals surface area contributed by atoms with E-state index in [4.69, 9.17) is 4.74 Å². The molecule has 0 atom stereocenters. The third kappa shape index (κ3) is 3.38. The van der Waals surface area contributed by atoms with Crippen molar-refractivity contribution in [3.63, 3.8) is 0 Å². The number of nitrogens with one attached hydrogen (secondary N) is 1. The van der Waals surface area contributed by atoms with E-state index >= 15 is 0 Å². The maximum atomic E-state index is 13.6. The first kappa shape index (κ1) is 15.6. The van der Waals surface area contributed by atoms with Gasteiger partial charge in [-0.1, -0.05) is 24.3 Å². The van der Waals surface area contributed by atoms with Crippen molar-refractivity contribution in [3.8, 4) is 17.1 Å². The minimum Gasteiger partial charge on any atom is -0.423 e. The highest BCUT2D eigenvalue weighted by atomic mass is 19.1. The maximum Gasteiger partial charge on any atom is 0.346 e. The summed E-state index contributed by atoms with van der Waals surface area (Å²) in [5.41, 5.74) is 0.730. The molecule has 0 radical (unpaired) electrons. The van der Waals surface area contributed by atoms with E-state index in [0.29, 0.717) is 17.1 Å². The van der Waals surface area contributed by atoms with Crippen molar-refractivity contribution in [3.05, 3.63) is 82.0 Å². The van der Waals surface area contributed by atoms with Crippen molar-refractivity contribution < 1.29 is 13.9 Å². The first-order valence-corrected chi connectivity index (χ1v) is 7.18. The van der Waals surface area contributed by atoms with Gasteiger partial charge in [-0.3, -0.25) is 4.79 Å². The predicted octanol–water partition coefficient (Wildman–Crippen LogP) is 3.10. The molecule has 0 saturated carbocycles. The van der Waals surface area contributed by atoms with Gasteiger partial charge in [0.2, 0.25) is 0 Å². The van der Waals surface area contributed by atoms with Gasteiger partial charge in [-0.25, -0.2) is 14.2 Å². The Labute approximate surface area is 136 Å². The molecule has 3 rings (SSSR count). The standard InChI is InChI=1S/C18H13FN2O3/c1-11-9-16(22)21-17(20-11)12-5-4-6-13(10-12)24-18(23)14-7-2-3-8-15(14)19/h2-10H,1H3,(H,20,21,22). The molecule has 1 aromatic heterocycles. The fourth-order valence-electron chi connectivity index (χ4n) is 2.21. The summed E-state index contributed by atoms with van der Waals surface area (Å²) >= 11 is 0. The summed E-state index contributed by atoms with van der Waals surface area (Å²) in [6.45, 7) is 1.71. The number of hydrogen-bond acceptors (Lipinski definition) is 4. The molecule has 0 aliphatic carbocycles. The molecule has 0 spiro atoms. The van der Waals surface area contributed by atoms with Crippen LogP contribution in [0, 0.1) is 12.7 Å². The van der Waals surface area contributed by atoms with Gasteiger partial charge in [0.15, 0.2) is 0 Å². The lowest BCUT2D eigenvalue weighted by Gasteiger charge is -2.07. The molecule has 0 bridgehead atoms. The van der Waals surface area contributed by atoms with Gasteiger partial charge < -0.3 is 9.72 Å². The molecule has 1 N–H and O–H groups in total. The second-order valence-electron chi connectivity index (χ2n) is 5.13. The number of benzene rings is 2. The molecule has 0 unspecified atom stereocenters. The van der Waals surface area contributed by atoms with Crippen LogP contribution in [-0.4, -0.2) is 15.9 Å². The number of aryl methyl sites for hydroxylation is 1. The van der Waals surface area contributed by atoms with E-state index in [1.807, 2.05) is 0 Å². The lowest BCUT2D eigenvalue weighted by molar-refractivity contribution is 0.0730. The van der Waals surface area contributed by atoms with Crippen LogP contribution in [0.3, 0.4) is 0 Å². The van der Waals surface area contributed by atoms with Gasteiger partial charge in [0.05, 0.1) is 5.56 Å². The summed E-state index contributed by atoms with van der Waals surface area (Å²) in [6.07, 6.45) is 0. The fraction of sp³-hybridized carbons (Fsp3) is 0.0556. The highest BCUT2D eigenvalue weighted by molar-refractivity contribution is 5.91. The Balaban J connectivity index is 1.90. The number of H-pyrrole nitrogens is 1. The lowest BCUT2D eigenvalue weighted by atomic mass is 10.2. The quantitative estimate of drug-likeness (QED) is 0.593. The van der Waals surface area contributed by atoms with E-state index in [1.54, 1.807) is 37.3 Å². The number of nitrogens with zero attached hydrogens (tertiary/aromatic N) is 1. The van der Waals surface area contributed by atoms with E-state index in [0.717, 1.165) is 0 Å². The first-order valence-electron chi connectivity index (χ1n) is 7.18. The van der Waals surface area contributed by atoms with Gasteiger partial charge in [-0.15, -0.1) is 0 Å². The van der Waals surface area contributed by atoms with Crippen molar-refractivity contribution >= 4 is 5.97 Å². The van der Waals surface area contributed by atoms with E-state index in [2.05, 4.69) is 9.97 Å². The molecule has 3 aromatic rings. The van der Waals surface area contributed by atoms with Gasteiger partial charge in [-0.05, 0) is 31.2 Å². The maximum absolute atomic E-state index is 13.6. The number of esters is 1. The summed E-state index contributed by atoms with van der Waals surface area (Å²) in [4.78, 5) is 30.5. The van der Waals surface area contributed by atoms with Crippen LogP contribution < -0.4 is 10.3 Å². The Morgan fingerprint density at radius 2 is 1.92 bits per heavy atom. The molecule has 120 valence electrons. The van der Waals surface area contributed by atoms with Gasteiger partial charge in [-0.2, -0.15) is 0 Å². The second kappa shape index (κ2) is 6.45. The minimum absolute atomic E-state index is 0.148. The summed E-state index contributed by atoms with van der Waals surface area (Å²) in [5, 5.41) is 0. The average molecular weight is 324 g/mol. The van der Waals surface area contributed by atoms with Crippen molar-refractivity contribution in [2.45, 2.75) is 6.92 Å². The zero-order chi connectivity index (χ0) is 17.1. The van der Waals surface area contributed by atoms with Gasteiger partial charge in [0.25, 0.3) is 5.56 Å². The van der Waals surface area contributed by atoms with Crippen LogP contribution in [0.25, 0.3) is 11.4 Å². The molecule has 2 aromatic carbocycles. The van der Waals surface area contributed by atoms with Crippen LogP contribution in [0.5, 0.6) is 5.75 Å². The van der Waals surface area contributed by atoms with Crippen molar-refractivity contribution in [2.75, 3.05) is 0 Å². The third-order valence-corrected chi connectivity index (χ3v) is 3.28. The largest absolute Gasteiger partial charge is 0.423 e. The highest BCUT2D eigenvalue weighted by Gasteiger charge is 2.14. The third-order valence-electron chi connectivity index (χ3n) is 3.28. The zero-order valence-corrected chi connectivity index (χ0v) is 12.7. The van der Waals surface area contributed by atoms with Crippen LogP contribution in [0.1, 0.15) is 16.1 Å². The normalized spacial score (nSPS) is 10.4. The molecule has 0 saturated heterocycles. The molecule has 0 aliphatic rings. The molecule has 6 heteroatoms. The Hall–Kier alpha value is -3.28. The summed E-state index contributed by atoms with van der Waals surface area (Å²) < 4.78 is 18.8. The molecule has 24 heavy (non-hydrogen) atoms. The number of halogens is 1. The monoisotopic (exact) mass is 324 g/mol. The molecule has 0 fully saturated rings. The van der Waals surface area contributed by atoms with Crippen LogP contribution in [0.2, 0.25) is 0 Å². The van der Waals surface area contributed by atoms with Gasteiger partial charge in [0, 0.05) is 17.3 Å². The van der Waals surface area contributed by atoms with Gasteiger partial charge >= 0.3 is 5.97 Å². The Morgan fingerprint density at radius 1 is 1.12 bits per heavy atom. The summed E-state index contributed by atoms with van der Waals surface area (Å²) in [5.74, 6) is -0.854. The Kier molecular flexibility index (Phi) is 4.20. The van der Waals surface area contributed by atoms with E-state index in [1.165, 1.54) is 24.3 Å². The van der Waals surface area contributed by atoms with Crippen LogP contribution in [-0.2, 0) is 0 Å². The average Bonchev–Trinajstić information content (AvgIpc) is 2.54. The predicted molar refractivity (Wildman–Crippen MR) is 86.4 cm³/mol. The molecule has 0 aliphatic heterocycles. The van der Waals surface area contributed by atoms with Crippen molar-refractivity contribution in [1.29, 1.82) is 0 Å². The van der Waals surface area contributed by atoms with E-state index in [9.17, 15) is 14.0 Å². The van der Waals surface area contributed by atoms with E-state index in [-0.39, 0.29) is 16.9 Å². The number of aromatic nitrogens is 2. The number of rotatable bonds is 3. The number of carbonyl (C=O) groups excluding carboxylic acids is 1. The van der Waals surface area contributed by atoms with Crippen LogP contribution in [0.4, 0.5) is 4.39 Å². The Bertz CT molecular complexity index is 966. The SMILES string of the molecule is Cc1cc(=O)[nH]c(-c2cccc(OC(=O)c3ccccc3F)c2)n1. The lowest BCUT2D eigenvalue weighted by Crippen LogP contribution is -2.11. The molecule has 0 amide bonds. The first-order chi connectivity index (χ1) is 11.5.